The summed E-state index contributed by atoms with van der Waals surface area (Å²) in [6, 6.07) is 14.7. The van der Waals surface area contributed by atoms with Crippen molar-refractivity contribution in [1.29, 1.82) is 0 Å². The van der Waals surface area contributed by atoms with Crippen LogP contribution in [-0.2, 0) is 10.0 Å². The van der Waals surface area contributed by atoms with Gasteiger partial charge >= 0.3 is 5.69 Å². The van der Waals surface area contributed by atoms with E-state index in [4.69, 9.17) is 0 Å². The van der Waals surface area contributed by atoms with Crippen LogP contribution in [0.3, 0.4) is 0 Å². The first-order valence-corrected chi connectivity index (χ1v) is 9.93. The summed E-state index contributed by atoms with van der Waals surface area (Å²) in [4.78, 5) is 19.0. The van der Waals surface area contributed by atoms with E-state index in [0.717, 1.165) is 5.69 Å². The van der Waals surface area contributed by atoms with E-state index in [1.807, 2.05) is 37.3 Å². The van der Waals surface area contributed by atoms with Gasteiger partial charge in [-0.15, -0.1) is 0 Å². The Morgan fingerprint density at radius 1 is 1.00 bits per heavy atom. The first-order valence-electron chi connectivity index (χ1n) is 8.49. The number of sulfonamides is 1. The molecule has 26 heavy (non-hydrogen) atoms. The molecule has 2 aromatic carbocycles. The van der Waals surface area contributed by atoms with Crippen molar-refractivity contribution < 1.29 is 8.42 Å². The molecular formula is C18H20N4O3S. The van der Waals surface area contributed by atoms with Crippen molar-refractivity contribution in [3.05, 3.63) is 59.0 Å². The minimum absolute atomic E-state index is 0.0664. The number of H-pyrrole nitrogens is 2. The molecule has 1 aromatic heterocycles. The lowest BCUT2D eigenvalue weighted by molar-refractivity contribution is 0.342. The van der Waals surface area contributed by atoms with Gasteiger partial charge in [-0.3, -0.25) is 0 Å². The summed E-state index contributed by atoms with van der Waals surface area (Å²) in [5.74, 6) is 0. The predicted molar refractivity (Wildman–Crippen MR) is 101 cm³/mol. The molecule has 0 spiro atoms. The molecule has 0 bridgehead atoms. The molecule has 1 saturated heterocycles. The summed E-state index contributed by atoms with van der Waals surface area (Å²) in [7, 11) is -3.61. The second kappa shape index (κ2) is 6.30. The number of piperazine rings is 1. The van der Waals surface area contributed by atoms with Gasteiger partial charge in [0, 0.05) is 31.4 Å². The van der Waals surface area contributed by atoms with Crippen molar-refractivity contribution in [1.82, 2.24) is 14.3 Å². The fraction of sp³-hybridized carbons (Fsp3) is 0.278. The largest absolute Gasteiger partial charge is 0.366 e. The van der Waals surface area contributed by atoms with Crippen molar-refractivity contribution >= 4 is 26.7 Å². The van der Waals surface area contributed by atoms with Gasteiger partial charge in [-0.2, -0.15) is 4.31 Å². The van der Waals surface area contributed by atoms with Crippen LogP contribution in [0.15, 0.2) is 58.2 Å². The first kappa shape index (κ1) is 16.9. The molecule has 0 radical (unpaired) electrons. The van der Waals surface area contributed by atoms with Crippen LogP contribution in [-0.4, -0.2) is 48.4 Å². The van der Waals surface area contributed by atoms with Crippen molar-refractivity contribution in [3.63, 3.8) is 0 Å². The Kier molecular flexibility index (Phi) is 4.08. The molecule has 0 aliphatic carbocycles. The maximum Gasteiger partial charge on any atom is 0.323 e. The number of fused-ring (bicyclic) bond motifs is 1. The molecule has 2 N–H and O–H groups in total. The third-order valence-electron chi connectivity index (χ3n) is 4.80. The van der Waals surface area contributed by atoms with Crippen LogP contribution < -0.4 is 10.6 Å². The predicted octanol–water partition coefficient (Wildman–Crippen LogP) is 1.76. The van der Waals surface area contributed by atoms with Gasteiger partial charge in [0.2, 0.25) is 10.0 Å². The Bertz CT molecular complexity index is 1090. The third-order valence-corrected chi connectivity index (χ3v) is 6.66. The Labute approximate surface area is 151 Å². The molecule has 136 valence electrons. The molecule has 2 heterocycles. The lowest BCUT2D eigenvalue weighted by Crippen LogP contribution is -2.53. The Balaban J connectivity index is 1.59. The summed E-state index contributed by atoms with van der Waals surface area (Å²) >= 11 is 0. The smallest absolute Gasteiger partial charge is 0.323 e. The highest BCUT2D eigenvalue weighted by Crippen LogP contribution is 2.25. The Hall–Kier alpha value is -2.58. The Morgan fingerprint density at radius 2 is 1.73 bits per heavy atom. The minimum Gasteiger partial charge on any atom is -0.366 e. The van der Waals surface area contributed by atoms with Gasteiger partial charge in [0.15, 0.2) is 0 Å². The molecule has 1 atom stereocenters. The number of imidazole rings is 1. The van der Waals surface area contributed by atoms with E-state index in [-0.39, 0.29) is 16.6 Å². The normalized spacial score (nSPS) is 19.1. The minimum atomic E-state index is -3.61. The van der Waals surface area contributed by atoms with E-state index < -0.39 is 10.0 Å². The van der Waals surface area contributed by atoms with Gasteiger partial charge in [0.25, 0.3) is 0 Å². The fourth-order valence-electron chi connectivity index (χ4n) is 3.47. The van der Waals surface area contributed by atoms with Gasteiger partial charge in [-0.05, 0) is 37.3 Å². The second-order valence-electron chi connectivity index (χ2n) is 6.53. The van der Waals surface area contributed by atoms with Crippen LogP contribution in [0.4, 0.5) is 5.69 Å². The van der Waals surface area contributed by atoms with Gasteiger partial charge < -0.3 is 14.9 Å². The van der Waals surface area contributed by atoms with E-state index >= 15 is 0 Å². The van der Waals surface area contributed by atoms with Crippen LogP contribution in [0.25, 0.3) is 11.0 Å². The average Bonchev–Trinajstić information content (AvgIpc) is 3.01. The molecule has 0 saturated carbocycles. The van der Waals surface area contributed by atoms with Crippen LogP contribution >= 0.6 is 0 Å². The van der Waals surface area contributed by atoms with Crippen molar-refractivity contribution in [2.24, 2.45) is 0 Å². The molecule has 4 rings (SSSR count). The highest BCUT2D eigenvalue weighted by atomic mass is 32.2. The number of hydrogen-bond acceptors (Lipinski definition) is 4. The maximum atomic E-state index is 13.0. The molecule has 1 aliphatic heterocycles. The summed E-state index contributed by atoms with van der Waals surface area (Å²) in [6.45, 7) is 3.50. The molecule has 3 aromatic rings. The zero-order valence-electron chi connectivity index (χ0n) is 14.3. The van der Waals surface area contributed by atoms with E-state index in [1.54, 1.807) is 6.07 Å². The number of nitrogens with zero attached hydrogens (tertiary/aromatic N) is 2. The van der Waals surface area contributed by atoms with Gasteiger partial charge in [0.1, 0.15) is 0 Å². The van der Waals surface area contributed by atoms with Crippen LogP contribution in [0.1, 0.15) is 6.92 Å². The molecule has 8 heteroatoms. The zero-order chi connectivity index (χ0) is 18.3. The monoisotopic (exact) mass is 372 g/mol. The van der Waals surface area contributed by atoms with Gasteiger partial charge in [0.05, 0.1) is 15.9 Å². The summed E-state index contributed by atoms with van der Waals surface area (Å²) in [6.07, 6.45) is 0. The molecule has 1 fully saturated rings. The zero-order valence-corrected chi connectivity index (χ0v) is 15.2. The number of para-hydroxylation sites is 1. The highest BCUT2D eigenvalue weighted by Gasteiger charge is 2.32. The second-order valence-corrected chi connectivity index (χ2v) is 8.47. The fourth-order valence-corrected chi connectivity index (χ4v) is 5.01. The van der Waals surface area contributed by atoms with E-state index in [1.165, 1.54) is 16.4 Å². The standard InChI is InChI=1S/C18H20N4O3S/c1-13-12-21(9-10-22(13)14-5-3-2-4-6-14)26(24,25)15-7-8-16-17(11-15)20-18(23)19-16/h2-8,11,13H,9-10,12H2,1H3,(H2,19,20,23). The number of aromatic amines is 2. The van der Waals surface area contributed by atoms with Gasteiger partial charge in [-0.1, -0.05) is 18.2 Å². The van der Waals surface area contributed by atoms with E-state index in [2.05, 4.69) is 14.9 Å². The van der Waals surface area contributed by atoms with E-state index in [9.17, 15) is 13.2 Å². The summed E-state index contributed by atoms with van der Waals surface area (Å²) < 4.78 is 27.6. The molecular weight excluding hydrogens is 352 g/mol. The molecule has 0 amide bonds. The van der Waals surface area contributed by atoms with Gasteiger partial charge in [-0.25, -0.2) is 13.2 Å². The lowest BCUT2D eigenvalue weighted by Gasteiger charge is -2.40. The van der Waals surface area contributed by atoms with Crippen molar-refractivity contribution in [2.45, 2.75) is 17.9 Å². The lowest BCUT2D eigenvalue weighted by atomic mass is 10.2. The SMILES string of the molecule is CC1CN(S(=O)(=O)c2ccc3[nH]c(=O)[nH]c3c2)CCN1c1ccccc1. The third kappa shape index (κ3) is 2.91. The number of benzene rings is 2. The number of hydrogen-bond donors (Lipinski definition) is 2. The quantitative estimate of drug-likeness (QED) is 0.733. The maximum absolute atomic E-state index is 13.0. The number of nitrogens with one attached hydrogen (secondary N) is 2. The highest BCUT2D eigenvalue weighted by molar-refractivity contribution is 7.89. The number of anilines is 1. The molecule has 1 unspecified atom stereocenters. The molecule has 1 aliphatic rings. The Morgan fingerprint density at radius 3 is 2.46 bits per heavy atom. The van der Waals surface area contributed by atoms with Crippen molar-refractivity contribution in [3.8, 4) is 0 Å². The topological polar surface area (TPSA) is 89.3 Å². The summed E-state index contributed by atoms with van der Waals surface area (Å²) in [5, 5.41) is 0. The van der Waals surface area contributed by atoms with E-state index in [0.29, 0.717) is 30.7 Å². The van der Waals surface area contributed by atoms with Crippen molar-refractivity contribution in [2.75, 3.05) is 24.5 Å². The van der Waals surface area contributed by atoms with Crippen LogP contribution in [0.2, 0.25) is 0 Å². The number of aromatic nitrogens is 2. The van der Waals surface area contributed by atoms with Crippen LogP contribution in [0, 0.1) is 0 Å². The average molecular weight is 372 g/mol. The number of rotatable bonds is 3. The summed E-state index contributed by atoms with van der Waals surface area (Å²) in [5.41, 5.74) is 1.84. The first-order chi connectivity index (χ1) is 12.4. The molecule has 7 nitrogen and oxygen atoms in total. The van der Waals surface area contributed by atoms with Crippen LogP contribution in [0.5, 0.6) is 0 Å².